The molecule has 41 heavy (non-hydrogen) atoms. The van der Waals surface area contributed by atoms with Gasteiger partial charge in [0.15, 0.2) is 5.76 Å². The Hall–Kier alpha value is -4.30. The van der Waals surface area contributed by atoms with Crippen molar-refractivity contribution in [2.24, 2.45) is 0 Å². The van der Waals surface area contributed by atoms with Gasteiger partial charge in [0.2, 0.25) is 17.7 Å². The van der Waals surface area contributed by atoms with Crippen LogP contribution in [0.5, 0.6) is 0 Å². The lowest BCUT2D eigenvalue weighted by molar-refractivity contribution is 0.0786. The number of aromatic nitrogens is 5. The molecule has 0 bridgehead atoms. The summed E-state index contributed by atoms with van der Waals surface area (Å²) in [6, 6.07) is 8.30. The van der Waals surface area contributed by atoms with E-state index in [2.05, 4.69) is 25.0 Å². The van der Waals surface area contributed by atoms with Crippen molar-refractivity contribution in [2.45, 2.75) is 0 Å². The largest absolute Gasteiger partial charge is 0.461 e. The molecule has 4 aromatic rings. The van der Waals surface area contributed by atoms with E-state index in [0.717, 1.165) is 26.2 Å². The third kappa shape index (κ3) is 6.38. The van der Waals surface area contributed by atoms with Crippen LogP contribution in [-0.2, 0) is 0 Å². The molecule has 1 amide bonds. The van der Waals surface area contributed by atoms with E-state index in [-0.39, 0.29) is 17.7 Å². The summed E-state index contributed by atoms with van der Waals surface area (Å²) in [5, 5.41) is 4.33. The molecule has 1 saturated heterocycles. The summed E-state index contributed by atoms with van der Waals surface area (Å²) in [6.45, 7) is 5.69. The molecule has 0 aliphatic carbocycles. The van der Waals surface area contributed by atoms with E-state index in [9.17, 15) is 4.79 Å². The number of hydrogen-bond acceptors (Lipinski definition) is 11. The smallest absolute Gasteiger partial charge is 0.259 e. The van der Waals surface area contributed by atoms with Crippen LogP contribution in [-0.4, -0.2) is 126 Å². The van der Waals surface area contributed by atoms with Crippen LogP contribution in [0.1, 0.15) is 10.4 Å². The number of piperazine rings is 1. The number of nitrogens with two attached hydrogens (primary N) is 1. The van der Waals surface area contributed by atoms with Crippen LogP contribution in [0.3, 0.4) is 0 Å². The first-order chi connectivity index (χ1) is 19.7. The van der Waals surface area contributed by atoms with Gasteiger partial charge in [0.05, 0.1) is 12.0 Å². The molecule has 4 heterocycles. The molecule has 1 aliphatic rings. The van der Waals surface area contributed by atoms with Crippen molar-refractivity contribution >= 4 is 29.3 Å². The molecule has 0 radical (unpaired) electrons. The predicted molar refractivity (Wildman–Crippen MR) is 155 cm³/mol. The summed E-state index contributed by atoms with van der Waals surface area (Å²) in [6.07, 6.45) is 1.55. The lowest BCUT2D eigenvalue weighted by Crippen LogP contribution is -2.48. The first-order valence-electron chi connectivity index (χ1n) is 13.5. The molecular weight excluding hydrogens is 529 g/mol. The van der Waals surface area contributed by atoms with E-state index in [1.807, 2.05) is 35.8 Å². The fourth-order valence-corrected chi connectivity index (χ4v) is 4.65. The Morgan fingerprint density at radius 1 is 1.02 bits per heavy atom. The van der Waals surface area contributed by atoms with Gasteiger partial charge in [-0.25, -0.2) is 4.39 Å². The second-order valence-electron chi connectivity index (χ2n) is 10.5. The maximum absolute atomic E-state index is 15.1. The molecule has 1 aliphatic heterocycles. The van der Waals surface area contributed by atoms with E-state index in [0.29, 0.717) is 60.7 Å². The minimum Gasteiger partial charge on any atom is -0.461 e. The van der Waals surface area contributed by atoms with Gasteiger partial charge in [0.25, 0.3) is 11.7 Å². The molecule has 14 heteroatoms. The SMILES string of the molecule is CN(C)CCN(C)C(=O)c1ccc(N2CCN(CCN(C)c3nc(N)n4nc(-c5ccco5)nc4n3)CC2)c(F)c1. The summed E-state index contributed by atoms with van der Waals surface area (Å²) >= 11 is 0. The molecule has 3 aromatic heterocycles. The second-order valence-corrected chi connectivity index (χ2v) is 10.5. The Morgan fingerprint density at radius 3 is 2.49 bits per heavy atom. The first kappa shape index (κ1) is 28.2. The fourth-order valence-electron chi connectivity index (χ4n) is 4.65. The van der Waals surface area contributed by atoms with Gasteiger partial charge in [-0.1, -0.05) is 0 Å². The van der Waals surface area contributed by atoms with Crippen LogP contribution in [0.15, 0.2) is 41.0 Å². The maximum Gasteiger partial charge on any atom is 0.259 e. The number of likely N-dealkylation sites (N-methyl/N-ethyl adjacent to an activating group) is 3. The lowest BCUT2D eigenvalue weighted by atomic mass is 10.1. The zero-order valence-corrected chi connectivity index (χ0v) is 23.9. The Balaban J connectivity index is 1.14. The summed E-state index contributed by atoms with van der Waals surface area (Å²) in [5.74, 6) is 1.34. The number of furan rings is 1. The zero-order chi connectivity index (χ0) is 29.1. The highest BCUT2D eigenvalue weighted by Crippen LogP contribution is 2.23. The van der Waals surface area contributed by atoms with Gasteiger partial charge in [-0.3, -0.25) is 9.69 Å². The molecule has 1 fully saturated rings. The normalized spacial score (nSPS) is 14.2. The molecule has 5 rings (SSSR count). The third-order valence-corrected chi connectivity index (χ3v) is 7.19. The summed E-state index contributed by atoms with van der Waals surface area (Å²) < 4.78 is 21.8. The van der Waals surface area contributed by atoms with Crippen molar-refractivity contribution in [1.82, 2.24) is 39.3 Å². The topological polar surface area (TPSA) is 128 Å². The van der Waals surface area contributed by atoms with E-state index in [1.54, 1.807) is 42.5 Å². The summed E-state index contributed by atoms with van der Waals surface area (Å²) in [5.41, 5.74) is 7.01. The molecule has 218 valence electrons. The van der Waals surface area contributed by atoms with Gasteiger partial charge in [0, 0.05) is 72.0 Å². The quantitative estimate of drug-likeness (QED) is 0.300. The minimum atomic E-state index is -0.376. The zero-order valence-electron chi connectivity index (χ0n) is 23.9. The highest BCUT2D eigenvalue weighted by atomic mass is 19.1. The molecule has 0 atom stereocenters. The highest BCUT2D eigenvalue weighted by molar-refractivity contribution is 5.94. The second kappa shape index (κ2) is 12.1. The van der Waals surface area contributed by atoms with Crippen molar-refractivity contribution in [1.29, 1.82) is 0 Å². The number of carbonyl (C=O) groups is 1. The molecule has 0 spiro atoms. The third-order valence-electron chi connectivity index (χ3n) is 7.19. The average Bonchev–Trinajstić information content (AvgIpc) is 3.65. The van der Waals surface area contributed by atoms with Crippen LogP contribution >= 0.6 is 0 Å². The van der Waals surface area contributed by atoms with Crippen LogP contribution in [0.4, 0.5) is 22.0 Å². The Kier molecular flexibility index (Phi) is 8.31. The van der Waals surface area contributed by atoms with E-state index < -0.39 is 0 Å². The number of halogens is 1. The number of rotatable bonds is 10. The lowest BCUT2D eigenvalue weighted by Gasteiger charge is -2.36. The monoisotopic (exact) mass is 565 g/mol. The molecular formula is C27H36FN11O2. The van der Waals surface area contributed by atoms with Crippen LogP contribution in [0.2, 0.25) is 0 Å². The van der Waals surface area contributed by atoms with Gasteiger partial charge in [0.1, 0.15) is 5.82 Å². The average molecular weight is 566 g/mol. The first-order valence-corrected chi connectivity index (χ1v) is 13.5. The van der Waals surface area contributed by atoms with Crippen molar-refractivity contribution < 1.29 is 13.6 Å². The van der Waals surface area contributed by atoms with Gasteiger partial charge in [-0.15, -0.1) is 5.10 Å². The van der Waals surface area contributed by atoms with E-state index in [1.165, 1.54) is 10.6 Å². The fraction of sp³-hybridized carbons (Fsp3) is 0.444. The maximum atomic E-state index is 15.1. The minimum absolute atomic E-state index is 0.182. The summed E-state index contributed by atoms with van der Waals surface area (Å²) in [4.78, 5) is 35.9. The van der Waals surface area contributed by atoms with Crippen molar-refractivity contribution in [3.8, 4) is 11.6 Å². The van der Waals surface area contributed by atoms with Crippen molar-refractivity contribution in [2.75, 3.05) is 96.1 Å². The van der Waals surface area contributed by atoms with Gasteiger partial charge in [-0.05, 0) is 44.4 Å². The molecule has 2 N–H and O–H groups in total. The van der Waals surface area contributed by atoms with Crippen molar-refractivity contribution in [3.05, 3.63) is 48.0 Å². The summed E-state index contributed by atoms with van der Waals surface area (Å²) in [7, 11) is 7.55. The number of hydrogen-bond donors (Lipinski definition) is 1. The number of anilines is 3. The van der Waals surface area contributed by atoms with Crippen LogP contribution in [0.25, 0.3) is 17.4 Å². The number of carbonyl (C=O) groups excluding carboxylic acids is 1. The predicted octanol–water partition coefficient (Wildman–Crippen LogP) is 1.39. The Labute approximate surface area is 238 Å². The standard InChI is InChI=1S/C27H36FN11O2/c1-34(2)9-10-35(3)24(40)19-7-8-21(20(28)18-19)38-15-13-37(14-16-38)12-11-36(4)26-31-25(29)39-27(32-26)30-23(33-39)22-6-5-17-41-22/h5-8,17-18H,9-16H2,1-4H3,(H2,29,30,31,32,33). The highest BCUT2D eigenvalue weighted by Gasteiger charge is 2.22. The molecule has 13 nitrogen and oxygen atoms in total. The Bertz CT molecular complexity index is 1480. The van der Waals surface area contributed by atoms with E-state index >= 15 is 4.39 Å². The van der Waals surface area contributed by atoms with Gasteiger partial charge in [-0.2, -0.15) is 19.5 Å². The van der Waals surface area contributed by atoms with E-state index in [4.69, 9.17) is 10.2 Å². The van der Waals surface area contributed by atoms with Crippen molar-refractivity contribution in [3.63, 3.8) is 0 Å². The van der Waals surface area contributed by atoms with Gasteiger partial charge >= 0.3 is 0 Å². The number of nitrogens with zero attached hydrogens (tertiary/aromatic N) is 10. The van der Waals surface area contributed by atoms with Crippen LogP contribution < -0.4 is 15.5 Å². The Morgan fingerprint density at radius 2 is 1.80 bits per heavy atom. The number of nitrogen functional groups attached to an aromatic ring is 1. The van der Waals surface area contributed by atoms with Gasteiger partial charge < -0.3 is 29.8 Å². The molecule has 0 saturated carbocycles. The molecule has 0 unspecified atom stereocenters. The number of benzene rings is 1. The molecule has 1 aromatic carbocycles. The number of fused-ring (bicyclic) bond motifs is 1. The number of amides is 1. The van der Waals surface area contributed by atoms with Crippen LogP contribution in [0, 0.1) is 5.82 Å².